The van der Waals surface area contributed by atoms with Crippen LogP contribution in [0.1, 0.15) is 6.42 Å². The normalized spacial score (nSPS) is 18.0. The number of nitrogens with zero attached hydrogens (tertiary/aromatic N) is 1. The molecule has 2 N–H and O–H groups in total. The Labute approximate surface area is 131 Å². The van der Waals surface area contributed by atoms with Crippen molar-refractivity contribution < 1.29 is 14.0 Å². The third-order valence-electron chi connectivity index (χ3n) is 3.33. The number of halogens is 1. The summed E-state index contributed by atoms with van der Waals surface area (Å²) in [5.41, 5.74) is 6.72. The largest absolute Gasteiger partial charge is 0.399 e. The number of carbonyl (C=O) groups is 2. The lowest BCUT2D eigenvalue weighted by Crippen LogP contribution is -2.31. The van der Waals surface area contributed by atoms with E-state index < -0.39 is 11.1 Å². The molecule has 2 amide bonds. The number of amides is 2. The van der Waals surface area contributed by atoms with E-state index in [0.717, 1.165) is 9.80 Å². The number of imide groups is 1. The van der Waals surface area contributed by atoms with Crippen LogP contribution in [-0.4, -0.2) is 17.1 Å². The molecule has 1 unspecified atom stereocenters. The van der Waals surface area contributed by atoms with E-state index in [9.17, 15) is 14.0 Å². The van der Waals surface area contributed by atoms with Crippen LogP contribution in [0, 0.1) is 5.82 Å². The molecule has 1 aliphatic heterocycles. The molecule has 0 saturated carbocycles. The lowest BCUT2D eigenvalue weighted by Gasteiger charge is -2.14. The molecule has 1 heterocycles. The van der Waals surface area contributed by atoms with Crippen LogP contribution in [0.3, 0.4) is 0 Å². The Kier molecular flexibility index (Phi) is 3.85. The van der Waals surface area contributed by atoms with Crippen LogP contribution in [0.2, 0.25) is 0 Å². The molecule has 112 valence electrons. The number of carbonyl (C=O) groups excluding carboxylic acids is 2. The Bertz CT molecular complexity index is 733. The molecule has 0 radical (unpaired) electrons. The van der Waals surface area contributed by atoms with Crippen molar-refractivity contribution in [1.82, 2.24) is 0 Å². The molecule has 6 heteroatoms. The van der Waals surface area contributed by atoms with E-state index in [1.165, 1.54) is 36.0 Å². The molecular weight excluding hydrogens is 303 g/mol. The van der Waals surface area contributed by atoms with Gasteiger partial charge in [-0.1, -0.05) is 6.07 Å². The minimum atomic E-state index is -0.487. The maximum Gasteiger partial charge on any atom is 0.247 e. The molecule has 0 aliphatic carbocycles. The van der Waals surface area contributed by atoms with Crippen molar-refractivity contribution in [1.29, 1.82) is 0 Å². The molecule has 1 aliphatic rings. The molecule has 1 saturated heterocycles. The van der Waals surface area contributed by atoms with Crippen LogP contribution in [0.25, 0.3) is 0 Å². The number of hydrogen-bond donors (Lipinski definition) is 1. The monoisotopic (exact) mass is 316 g/mol. The van der Waals surface area contributed by atoms with Crippen molar-refractivity contribution in [2.45, 2.75) is 16.6 Å². The van der Waals surface area contributed by atoms with Crippen molar-refractivity contribution in [2.75, 3.05) is 10.6 Å². The second kappa shape index (κ2) is 5.81. The predicted molar refractivity (Wildman–Crippen MR) is 84.0 cm³/mol. The Morgan fingerprint density at radius 2 is 1.86 bits per heavy atom. The summed E-state index contributed by atoms with van der Waals surface area (Å²) >= 11 is 1.31. The van der Waals surface area contributed by atoms with E-state index in [1.54, 1.807) is 18.2 Å². The van der Waals surface area contributed by atoms with Crippen molar-refractivity contribution in [2.24, 2.45) is 0 Å². The maximum absolute atomic E-state index is 13.0. The Balaban J connectivity index is 1.81. The first-order valence-electron chi connectivity index (χ1n) is 6.69. The summed E-state index contributed by atoms with van der Waals surface area (Å²) in [7, 11) is 0. The fraction of sp³-hybridized carbons (Fsp3) is 0.125. The average molecular weight is 316 g/mol. The van der Waals surface area contributed by atoms with Crippen LogP contribution >= 0.6 is 11.8 Å². The highest BCUT2D eigenvalue weighted by atomic mass is 32.2. The van der Waals surface area contributed by atoms with Crippen molar-refractivity contribution in [3.05, 3.63) is 54.3 Å². The zero-order valence-electron chi connectivity index (χ0n) is 11.5. The minimum absolute atomic E-state index is 0.121. The Morgan fingerprint density at radius 1 is 1.14 bits per heavy atom. The number of anilines is 2. The van der Waals surface area contributed by atoms with Gasteiger partial charge in [-0.25, -0.2) is 9.29 Å². The highest BCUT2D eigenvalue weighted by molar-refractivity contribution is 8.00. The molecule has 2 aromatic rings. The van der Waals surface area contributed by atoms with E-state index >= 15 is 0 Å². The maximum atomic E-state index is 13.0. The van der Waals surface area contributed by atoms with Crippen molar-refractivity contribution in [3.8, 4) is 0 Å². The minimum Gasteiger partial charge on any atom is -0.399 e. The third-order valence-corrected chi connectivity index (χ3v) is 4.51. The van der Waals surface area contributed by atoms with E-state index in [-0.39, 0.29) is 18.2 Å². The van der Waals surface area contributed by atoms with E-state index in [4.69, 9.17) is 5.73 Å². The Hall–Kier alpha value is -2.34. The number of hydrogen-bond acceptors (Lipinski definition) is 4. The molecule has 22 heavy (non-hydrogen) atoms. The average Bonchev–Trinajstić information content (AvgIpc) is 2.75. The first-order chi connectivity index (χ1) is 10.5. The lowest BCUT2D eigenvalue weighted by atomic mass is 10.3. The van der Waals surface area contributed by atoms with E-state index in [1.807, 2.05) is 6.07 Å². The summed E-state index contributed by atoms with van der Waals surface area (Å²) in [4.78, 5) is 26.5. The fourth-order valence-electron chi connectivity index (χ4n) is 2.31. The quantitative estimate of drug-likeness (QED) is 0.698. The highest BCUT2D eigenvalue weighted by Crippen LogP contribution is 2.34. The van der Waals surface area contributed by atoms with Crippen LogP contribution in [-0.2, 0) is 9.59 Å². The molecular formula is C16H13FN2O2S. The van der Waals surface area contributed by atoms with Gasteiger partial charge in [0.15, 0.2) is 0 Å². The number of rotatable bonds is 3. The van der Waals surface area contributed by atoms with Gasteiger partial charge < -0.3 is 5.73 Å². The van der Waals surface area contributed by atoms with Gasteiger partial charge >= 0.3 is 0 Å². The van der Waals surface area contributed by atoms with E-state index in [2.05, 4.69) is 0 Å². The van der Waals surface area contributed by atoms with Gasteiger partial charge in [0.05, 0.1) is 10.9 Å². The first kappa shape index (κ1) is 14.6. The van der Waals surface area contributed by atoms with Gasteiger partial charge in [-0.15, -0.1) is 11.8 Å². The third kappa shape index (κ3) is 2.82. The molecule has 2 aromatic carbocycles. The molecule has 1 atom stereocenters. The number of thioether (sulfide) groups is 1. The second-order valence-electron chi connectivity index (χ2n) is 4.93. The number of benzene rings is 2. The predicted octanol–water partition coefficient (Wildman–Crippen LogP) is 2.83. The summed E-state index contributed by atoms with van der Waals surface area (Å²) in [5, 5.41) is -0.487. The topological polar surface area (TPSA) is 63.4 Å². The summed E-state index contributed by atoms with van der Waals surface area (Å²) in [6.45, 7) is 0. The zero-order chi connectivity index (χ0) is 15.7. The first-order valence-corrected chi connectivity index (χ1v) is 7.57. The Morgan fingerprint density at radius 3 is 2.55 bits per heavy atom. The standard InChI is InChI=1S/C16H13FN2O2S/c17-10-4-6-12(7-5-10)19-15(20)9-14(16(19)21)22-13-3-1-2-11(18)8-13/h1-8,14H,9,18H2. The highest BCUT2D eigenvalue weighted by Gasteiger charge is 2.40. The summed E-state index contributed by atoms with van der Waals surface area (Å²) in [5.74, 6) is -0.976. The van der Waals surface area contributed by atoms with Crippen molar-refractivity contribution >= 4 is 35.0 Å². The molecule has 0 spiro atoms. The van der Waals surface area contributed by atoms with Gasteiger partial charge in [0.1, 0.15) is 5.82 Å². The van der Waals surface area contributed by atoms with Crippen LogP contribution in [0.4, 0.5) is 15.8 Å². The summed E-state index contributed by atoms with van der Waals surface area (Å²) < 4.78 is 13.0. The molecule has 0 bridgehead atoms. The van der Waals surface area contributed by atoms with Gasteiger partial charge in [0.2, 0.25) is 11.8 Å². The summed E-state index contributed by atoms with van der Waals surface area (Å²) in [6, 6.07) is 12.5. The van der Waals surface area contributed by atoms with Gasteiger partial charge in [0.25, 0.3) is 0 Å². The molecule has 3 rings (SSSR count). The molecule has 0 aromatic heterocycles. The number of nitrogen functional groups attached to an aromatic ring is 1. The van der Waals surface area contributed by atoms with Crippen molar-refractivity contribution in [3.63, 3.8) is 0 Å². The van der Waals surface area contributed by atoms with Gasteiger partial charge in [0, 0.05) is 17.0 Å². The second-order valence-corrected chi connectivity index (χ2v) is 6.20. The smallest absolute Gasteiger partial charge is 0.247 e. The molecule has 4 nitrogen and oxygen atoms in total. The molecule has 1 fully saturated rings. The van der Waals surface area contributed by atoms with E-state index in [0.29, 0.717) is 11.4 Å². The van der Waals surface area contributed by atoms with Crippen LogP contribution in [0.5, 0.6) is 0 Å². The number of nitrogens with two attached hydrogens (primary N) is 1. The van der Waals surface area contributed by atoms with Crippen LogP contribution < -0.4 is 10.6 Å². The van der Waals surface area contributed by atoms with Gasteiger partial charge in [-0.3, -0.25) is 9.59 Å². The lowest BCUT2D eigenvalue weighted by molar-refractivity contribution is -0.121. The van der Waals surface area contributed by atoms with Crippen LogP contribution in [0.15, 0.2) is 53.4 Å². The zero-order valence-corrected chi connectivity index (χ0v) is 12.3. The fourth-order valence-corrected chi connectivity index (χ4v) is 3.43. The van der Waals surface area contributed by atoms with Gasteiger partial charge in [-0.2, -0.15) is 0 Å². The van der Waals surface area contributed by atoms with Gasteiger partial charge in [-0.05, 0) is 42.5 Å². The SMILES string of the molecule is Nc1cccc(SC2CC(=O)N(c3ccc(F)cc3)C2=O)c1. The summed E-state index contributed by atoms with van der Waals surface area (Å²) in [6.07, 6.45) is 0.121.